The first-order chi connectivity index (χ1) is 13.1. The van der Waals surface area contributed by atoms with Gasteiger partial charge in [-0.1, -0.05) is 36.4 Å². The summed E-state index contributed by atoms with van der Waals surface area (Å²) in [5.74, 6) is -1.99. The topological polar surface area (TPSA) is 132 Å². The molecule has 0 heterocycles. The van der Waals surface area contributed by atoms with Crippen LogP contribution in [0, 0.1) is 0 Å². The standard InChI is InChI=1S/C20H17NO6S/c1-11-15(9-12-4-2-5-13(8-12)10-17(22)23)20(25)18-14(19(11)24)6-3-7-16(18)28(21,26)27/h2-8H,9-10H2,1H3,(H,22,23)(H2,21,26,27). The van der Waals surface area contributed by atoms with Gasteiger partial charge in [0, 0.05) is 23.1 Å². The number of fused-ring (bicyclic) bond motifs is 1. The molecule has 28 heavy (non-hydrogen) atoms. The molecule has 1 aliphatic carbocycles. The Morgan fingerprint density at radius 3 is 2.32 bits per heavy atom. The number of hydrogen-bond acceptors (Lipinski definition) is 5. The Labute approximate surface area is 161 Å². The number of rotatable bonds is 5. The molecule has 0 aromatic heterocycles. The average molecular weight is 399 g/mol. The summed E-state index contributed by atoms with van der Waals surface area (Å²) >= 11 is 0. The van der Waals surface area contributed by atoms with Crippen molar-refractivity contribution in [3.8, 4) is 0 Å². The monoisotopic (exact) mass is 399 g/mol. The van der Waals surface area contributed by atoms with E-state index in [1.165, 1.54) is 25.1 Å². The van der Waals surface area contributed by atoms with Gasteiger partial charge in [0.15, 0.2) is 11.6 Å². The number of sulfonamides is 1. The Morgan fingerprint density at radius 1 is 1.04 bits per heavy atom. The van der Waals surface area contributed by atoms with Crippen molar-refractivity contribution < 1.29 is 27.9 Å². The normalized spacial score (nSPS) is 14.2. The summed E-state index contributed by atoms with van der Waals surface area (Å²) < 4.78 is 23.8. The van der Waals surface area contributed by atoms with Crippen LogP contribution in [0.5, 0.6) is 0 Å². The first kappa shape index (κ1) is 19.7. The van der Waals surface area contributed by atoms with E-state index in [4.69, 9.17) is 10.2 Å². The van der Waals surface area contributed by atoms with Crippen LogP contribution in [-0.4, -0.2) is 31.1 Å². The minimum Gasteiger partial charge on any atom is -0.481 e. The molecular formula is C20H17NO6S. The molecule has 0 amide bonds. The van der Waals surface area contributed by atoms with E-state index in [0.717, 1.165) is 0 Å². The molecule has 0 fully saturated rings. The van der Waals surface area contributed by atoms with Crippen LogP contribution in [0.3, 0.4) is 0 Å². The molecule has 2 aromatic rings. The molecule has 2 aromatic carbocycles. The maximum Gasteiger partial charge on any atom is 0.307 e. The molecule has 0 saturated carbocycles. The summed E-state index contributed by atoms with van der Waals surface area (Å²) in [6.07, 6.45) is -0.0978. The molecular weight excluding hydrogens is 382 g/mol. The second-order valence-electron chi connectivity index (χ2n) is 6.55. The smallest absolute Gasteiger partial charge is 0.307 e. The van der Waals surface area contributed by atoms with Gasteiger partial charge in [-0.05, 0) is 24.1 Å². The zero-order valence-corrected chi connectivity index (χ0v) is 15.7. The van der Waals surface area contributed by atoms with E-state index < -0.39 is 27.6 Å². The van der Waals surface area contributed by atoms with Crippen molar-refractivity contribution in [3.05, 3.63) is 75.9 Å². The van der Waals surface area contributed by atoms with Crippen molar-refractivity contribution >= 4 is 27.6 Å². The first-order valence-electron chi connectivity index (χ1n) is 8.34. The van der Waals surface area contributed by atoms with Crippen LogP contribution in [0.2, 0.25) is 0 Å². The van der Waals surface area contributed by atoms with Crippen LogP contribution < -0.4 is 5.14 Å². The molecule has 0 aliphatic heterocycles. The van der Waals surface area contributed by atoms with Gasteiger partial charge < -0.3 is 5.11 Å². The van der Waals surface area contributed by atoms with E-state index in [2.05, 4.69) is 0 Å². The van der Waals surface area contributed by atoms with Crippen LogP contribution in [-0.2, 0) is 27.7 Å². The highest BCUT2D eigenvalue weighted by molar-refractivity contribution is 7.89. The minimum absolute atomic E-state index is 0.0115. The first-order valence-corrected chi connectivity index (χ1v) is 9.89. The van der Waals surface area contributed by atoms with Crippen LogP contribution >= 0.6 is 0 Å². The summed E-state index contributed by atoms with van der Waals surface area (Å²) in [5, 5.41) is 14.2. The Balaban J connectivity index is 2.08. The lowest BCUT2D eigenvalue weighted by atomic mass is 9.82. The number of benzene rings is 2. The van der Waals surface area contributed by atoms with Crippen molar-refractivity contribution in [1.29, 1.82) is 0 Å². The fourth-order valence-corrected chi connectivity index (χ4v) is 4.05. The third kappa shape index (κ3) is 3.64. The van der Waals surface area contributed by atoms with Crippen molar-refractivity contribution in [1.82, 2.24) is 0 Å². The summed E-state index contributed by atoms with van der Waals surface area (Å²) in [7, 11) is -4.20. The van der Waals surface area contributed by atoms with Gasteiger partial charge >= 0.3 is 5.97 Å². The Bertz CT molecular complexity index is 1160. The van der Waals surface area contributed by atoms with Crippen molar-refractivity contribution in [2.75, 3.05) is 0 Å². The van der Waals surface area contributed by atoms with Gasteiger partial charge in [0.2, 0.25) is 10.0 Å². The van der Waals surface area contributed by atoms with E-state index in [-0.39, 0.29) is 40.0 Å². The van der Waals surface area contributed by atoms with Gasteiger partial charge in [-0.25, -0.2) is 13.6 Å². The number of ketones is 2. The number of primary sulfonamides is 1. The highest BCUT2D eigenvalue weighted by Crippen LogP contribution is 2.32. The largest absolute Gasteiger partial charge is 0.481 e. The van der Waals surface area contributed by atoms with Gasteiger partial charge in [-0.15, -0.1) is 0 Å². The maximum absolute atomic E-state index is 13.1. The van der Waals surface area contributed by atoms with Crippen molar-refractivity contribution in [2.24, 2.45) is 5.14 Å². The molecule has 8 heteroatoms. The van der Waals surface area contributed by atoms with Crippen LogP contribution in [0.4, 0.5) is 0 Å². The van der Waals surface area contributed by atoms with E-state index in [1.807, 2.05) is 0 Å². The van der Waals surface area contributed by atoms with E-state index in [1.54, 1.807) is 24.3 Å². The predicted molar refractivity (Wildman–Crippen MR) is 101 cm³/mol. The summed E-state index contributed by atoms with van der Waals surface area (Å²) in [6, 6.07) is 10.7. The fraction of sp³-hybridized carbons (Fsp3) is 0.150. The van der Waals surface area contributed by atoms with Crippen LogP contribution in [0.25, 0.3) is 0 Å². The Hall–Kier alpha value is -3.10. The van der Waals surface area contributed by atoms with Crippen LogP contribution in [0.15, 0.2) is 58.5 Å². The molecule has 3 N–H and O–H groups in total. The number of carbonyl (C=O) groups excluding carboxylic acids is 2. The molecule has 0 radical (unpaired) electrons. The van der Waals surface area contributed by atoms with Gasteiger partial charge in [0.25, 0.3) is 0 Å². The zero-order valence-electron chi connectivity index (χ0n) is 14.9. The molecule has 0 bridgehead atoms. The van der Waals surface area contributed by atoms with E-state index in [9.17, 15) is 22.8 Å². The van der Waals surface area contributed by atoms with Crippen molar-refractivity contribution in [3.63, 3.8) is 0 Å². The highest BCUT2D eigenvalue weighted by atomic mass is 32.2. The van der Waals surface area contributed by atoms with Gasteiger partial charge in [0.05, 0.1) is 16.9 Å². The molecule has 144 valence electrons. The second kappa shape index (κ2) is 7.14. The lowest BCUT2D eigenvalue weighted by Gasteiger charge is -2.21. The van der Waals surface area contributed by atoms with Gasteiger partial charge in [-0.2, -0.15) is 0 Å². The molecule has 0 saturated heterocycles. The number of carboxylic acids is 1. The SMILES string of the molecule is CC1=C(Cc2cccc(CC(=O)O)c2)C(=O)c2c(cccc2S(N)(=O)=O)C1=O. The van der Waals surface area contributed by atoms with Gasteiger partial charge in [-0.3, -0.25) is 14.4 Å². The van der Waals surface area contributed by atoms with Gasteiger partial charge in [0.1, 0.15) is 0 Å². The van der Waals surface area contributed by atoms with E-state index >= 15 is 0 Å². The number of allylic oxidation sites excluding steroid dienone is 2. The summed E-state index contributed by atoms with van der Waals surface area (Å²) in [4.78, 5) is 36.3. The third-order valence-electron chi connectivity index (χ3n) is 4.60. The minimum atomic E-state index is -4.20. The van der Waals surface area contributed by atoms with Crippen LogP contribution in [0.1, 0.15) is 38.8 Å². The number of hydrogen-bond donors (Lipinski definition) is 2. The van der Waals surface area contributed by atoms with E-state index in [0.29, 0.717) is 11.1 Å². The number of nitrogens with two attached hydrogens (primary N) is 1. The second-order valence-corrected chi connectivity index (χ2v) is 8.08. The molecule has 0 spiro atoms. The Morgan fingerprint density at radius 2 is 1.68 bits per heavy atom. The fourth-order valence-electron chi connectivity index (χ4n) is 3.29. The molecule has 0 unspecified atom stereocenters. The number of aliphatic carboxylic acids is 1. The molecule has 7 nitrogen and oxygen atoms in total. The maximum atomic E-state index is 13.1. The molecule has 3 rings (SSSR count). The lowest BCUT2D eigenvalue weighted by molar-refractivity contribution is -0.136. The molecule has 1 aliphatic rings. The quantitative estimate of drug-likeness (QED) is 0.789. The number of carbonyl (C=O) groups is 3. The third-order valence-corrected chi connectivity index (χ3v) is 5.55. The average Bonchev–Trinajstić information content (AvgIpc) is 2.62. The summed E-state index contributed by atoms with van der Waals surface area (Å²) in [5.41, 5.74) is 1.40. The lowest BCUT2D eigenvalue weighted by Crippen LogP contribution is -2.26. The highest BCUT2D eigenvalue weighted by Gasteiger charge is 2.34. The summed E-state index contributed by atoms with van der Waals surface area (Å²) in [6.45, 7) is 1.52. The zero-order chi connectivity index (χ0) is 20.6. The van der Waals surface area contributed by atoms with Crippen molar-refractivity contribution in [2.45, 2.75) is 24.7 Å². The number of Topliss-reactive ketones (excluding diaryl/α,β-unsaturated/α-hetero) is 2. The predicted octanol–water partition coefficient (Wildman–Crippen LogP) is 1.90. The Kier molecular flexibility index (Phi) is 5.01. The molecule has 0 atom stereocenters. The number of carboxylic acid groups (broad SMARTS) is 1.